The van der Waals surface area contributed by atoms with Crippen molar-refractivity contribution in [3.63, 3.8) is 0 Å². The Morgan fingerprint density at radius 1 is 0.344 bits per heavy atom. The second kappa shape index (κ2) is 13.3. The maximum atomic E-state index is 2.52. The van der Waals surface area contributed by atoms with Crippen LogP contribution < -0.4 is 4.90 Å². The third-order valence-electron chi connectivity index (χ3n) is 14.1. The summed E-state index contributed by atoms with van der Waals surface area (Å²) in [6, 6.07) is 87.5. The van der Waals surface area contributed by atoms with Crippen molar-refractivity contribution in [1.82, 2.24) is 9.13 Å². The summed E-state index contributed by atoms with van der Waals surface area (Å²) < 4.78 is 4.89. The molecule has 3 heterocycles. The van der Waals surface area contributed by atoms with Gasteiger partial charge < -0.3 is 14.0 Å². The lowest BCUT2D eigenvalue weighted by Gasteiger charge is -2.39. The molecule has 14 rings (SSSR count). The van der Waals surface area contributed by atoms with Crippen molar-refractivity contribution in [3.8, 4) is 33.6 Å². The lowest BCUT2D eigenvalue weighted by atomic mass is 9.65. The molecule has 0 bridgehead atoms. The monoisotopic (exact) mass is 813 g/mol. The number of hydrogen-bond acceptors (Lipinski definition) is 1. The molecule has 0 radical (unpaired) electrons. The van der Waals surface area contributed by atoms with Crippen LogP contribution in [0.3, 0.4) is 0 Å². The van der Waals surface area contributed by atoms with Gasteiger partial charge in [-0.1, -0.05) is 164 Å². The minimum atomic E-state index is -0.531. The fourth-order valence-corrected chi connectivity index (χ4v) is 11.6. The average molecular weight is 814 g/mol. The van der Waals surface area contributed by atoms with E-state index in [1.54, 1.807) is 0 Å². The zero-order valence-electron chi connectivity index (χ0n) is 34.9. The summed E-state index contributed by atoms with van der Waals surface area (Å²) in [5, 5.41) is 5.07. The van der Waals surface area contributed by atoms with Gasteiger partial charge in [0.15, 0.2) is 0 Å². The van der Waals surface area contributed by atoms with Crippen LogP contribution in [-0.4, -0.2) is 9.13 Å². The van der Waals surface area contributed by atoms with Gasteiger partial charge in [-0.3, -0.25) is 0 Å². The van der Waals surface area contributed by atoms with E-state index in [9.17, 15) is 0 Å². The Balaban J connectivity index is 0.967. The minimum absolute atomic E-state index is 0.531. The Labute approximate surface area is 371 Å². The van der Waals surface area contributed by atoms with Gasteiger partial charge in [-0.05, 0) is 112 Å². The van der Waals surface area contributed by atoms with E-state index in [4.69, 9.17) is 0 Å². The first-order valence-corrected chi connectivity index (χ1v) is 22.2. The zero-order valence-corrected chi connectivity index (χ0v) is 34.9. The molecule has 1 unspecified atom stereocenters. The number of nitrogens with zero attached hydrogens (tertiary/aromatic N) is 3. The van der Waals surface area contributed by atoms with Crippen LogP contribution in [0.2, 0.25) is 0 Å². The lowest BCUT2D eigenvalue weighted by molar-refractivity contribution is 0.748. The highest BCUT2D eigenvalue weighted by molar-refractivity contribution is 6.14. The van der Waals surface area contributed by atoms with Gasteiger partial charge in [0.2, 0.25) is 0 Å². The van der Waals surface area contributed by atoms with Gasteiger partial charge in [0, 0.05) is 44.2 Å². The largest absolute Gasteiger partial charge is 0.310 e. The molecule has 3 heteroatoms. The Morgan fingerprint density at radius 2 is 0.906 bits per heavy atom. The maximum absolute atomic E-state index is 2.52. The number of hydrogen-bond donors (Lipinski definition) is 0. The highest BCUT2D eigenvalue weighted by Crippen LogP contribution is 2.63. The molecule has 0 N–H and O–H groups in total. The third-order valence-corrected chi connectivity index (χ3v) is 14.1. The highest BCUT2D eigenvalue weighted by Gasteiger charge is 2.51. The van der Waals surface area contributed by atoms with Crippen molar-refractivity contribution in [3.05, 3.63) is 259 Å². The second-order valence-corrected chi connectivity index (χ2v) is 17.2. The Hall–Kier alpha value is -8.40. The van der Waals surface area contributed by atoms with Crippen molar-refractivity contribution in [2.75, 3.05) is 4.90 Å². The molecule has 0 amide bonds. The summed E-state index contributed by atoms with van der Waals surface area (Å²) >= 11 is 0. The summed E-state index contributed by atoms with van der Waals surface area (Å²) in [4.78, 5) is 2.46. The van der Waals surface area contributed by atoms with E-state index in [1.165, 1.54) is 99.5 Å². The summed E-state index contributed by atoms with van der Waals surface area (Å²) in [6.45, 7) is 0. The molecule has 1 atom stereocenters. The lowest BCUT2D eigenvalue weighted by Crippen LogP contribution is -2.33. The Morgan fingerprint density at radius 3 is 1.72 bits per heavy atom. The van der Waals surface area contributed by atoms with E-state index in [0.29, 0.717) is 0 Å². The van der Waals surface area contributed by atoms with E-state index in [0.717, 1.165) is 17.1 Å². The number of para-hydroxylation sites is 6. The van der Waals surface area contributed by atoms with Crippen LogP contribution in [0.1, 0.15) is 22.3 Å². The molecule has 2 aliphatic rings. The molecule has 3 nitrogen and oxygen atoms in total. The molecule has 10 aromatic carbocycles. The highest BCUT2D eigenvalue weighted by atomic mass is 15.1. The van der Waals surface area contributed by atoms with Crippen LogP contribution in [0.5, 0.6) is 0 Å². The van der Waals surface area contributed by atoms with Gasteiger partial charge in [0.25, 0.3) is 0 Å². The Bertz CT molecular complexity index is 3840. The average Bonchev–Trinajstić information content (AvgIpc) is 3.99. The van der Waals surface area contributed by atoms with Crippen molar-refractivity contribution in [1.29, 1.82) is 0 Å². The smallest absolute Gasteiger partial charge is 0.0755 e. The minimum Gasteiger partial charge on any atom is -0.310 e. The third kappa shape index (κ3) is 4.65. The summed E-state index contributed by atoms with van der Waals surface area (Å²) in [7, 11) is 0. The van der Waals surface area contributed by atoms with E-state index in [-0.39, 0.29) is 0 Å². The van der Waals surface area contributed by atoms with Crippen LogP contribution in [0.15, 0.2) is 237 Å². The van der Waals surface area contributed by atoms with Gasteiger partial charge in [-0.15, -0.1) is 0 Å². The summed E-state index contributed by atoms with van der Waals surface area (Å²) in [5.41, 5.74) is 20.4. The Kier molecular flexibility index (Phi) is 7.32. The van der Waals surface area contributed by atoms with Crippen molar-refractivity contribution < 1.29 is 0 Å². The topological polar surface area (TPSA) is 13.1 Å². The summed E-state index contributed by atoms with van der Waals surface area (Å²) in [5.74, 6) is 0. The van der Waals surface area contributed by atoms with E-state index < -0.39 is 5.41 Å². The number of aromatic nitrogens is 2. The van der Waals surface area contributed by atoms with Gasteiger partial charge in [0.1, 0.15) is 0 Å². The number of benzene rings is 10. The molecule has 298 valence electrons. The molecule has 12 aromatic rings. The van der Waals surface area contributed by atoms with Crippen LogP contribution in [0, 0.1) is 0 Å². The molecule has 1 aliphatic heterocycles. The standard InChI is InChI=1S/C61H39N3/c1-3-17-42(18-4-1)62(44-36-33-40(34-37-44)41-35-38-56-49(39-41)46-22-9-12-29-54(46)63(56)43-19-5-2-6-20-43)58-32-16-27-52-59(58)48-23-7-10-25-50(48)61(52)51-26-11-14-31-57(51)64-55-30-13-8-21-45(55)47-24-15-28-53(61)60(47)64/h1-39H. The molecule has 0 saturated carbocycles. The predicted molar refractivity (Wildman–Crippen MR) is 266 cm³/mol. The van der Waals surface area contributed by atoms with Gasteiger partial charge in [0.05, 0.1) is 38.9 Å². The predicted octanol–water partition coefficient (Wildman–Crippen LogP) is 15.7. The fraction of sp³-hybridized carbons (Fsp3) is 0.0164. The van der Waals surface area contributed by atoms with E-state index >= 15 is 0 Å². The maximum Gasteiger partial charge on any atom is 0.0755 e. The van der Waals surface area contributed by atoms with Crippen LogP contribution in [-0.2, 0) is 5.41 Å². The van der Waals surface area contributed by atoms with Gasteiger partial charge in [-0.2, -0.15) is 0 Å². The summed E-state index contributed by atoms with van der Waals surface area (Å²) in [6.07, 6.45) is 0. The van der Waals surface area contributed by atoms with Gasteiger partial charge >= 0.3 is 0 Å². The number of fused-ring (bicyclic) bond motifs is 15. The van der Waals surface area contributed by atoms with Crippen molar-refractivity contribution in [2.45, 2.75) is 5.41 Å². The molecular weight excluding hydrogens is 775 g/mol. The zero-order chi connectivity index (χ0) is 41.9. The van der Waals surface area contributed by atoms with Crippen LogP contribution >= 0.6 is 0 Å². The first kappa shape index (κ1) is 35.2. The fourth-order valence-electron chi connectivity index (χ4n) is 11.6. The molecule has 0 saturated heterocycles. The van der Waals surface area contributed by atoms with Crippen LogP contribution in [0.4, 0.5) is 17.1 Å². The van der Waals surface area contributed by atoms with Gasteiger partial charge in [-0.25, -0.2) is 0 Å². The molecular formula is C61H39N3. The van der Waals surface area contributed by atoms with E-state index in [1.807, 2.05) is 0 Å². The van der Waals surface area contributed by atoms with Crippen molar-refractivity contribution in [2.24, 2.45) is 0 Å². The quantitative estimate of drug-likeness (QED) is 0.169. The molecule has 0 fully saturated rings. The second-order valence-electron chi connectivity index (χ2n) is 17.2. The molecule has 1 aliphatic carbocycles. The first-order chi connectivity index (χ1) is 31.8. The van der Waals surface area contributed by atoms with Crippen LogP contribution in [0.25, 0.3) is 77.2 Å². The SMILES string of the molecule is c1ccc(N(c2ccc(-c3ccc4c(c3)c3ccccc3n4-c3ccccc3)cc2)c2cccc3c2-c2ccccc2C32c3ccccc3-n3c4ccccc4c4cccc2c43)cc1. The number of rotatable bonds is 5. The molecule has 64 heavy (non-hydrogen) atoms. The molecule has 1 spiro atoms. The van der Waals surface area contributed by atoms with Crippen molar-refractivity contribution >= 4 is 60.7 Å². The van der Waals surface area contributed by atoms with E-state index in [2.05, 4.69) is 251 Å². The first-order valence-electron chi connectivity index (χ1n) is 22.2. The normalized spacial score (nSPS) is 14.6. The number of anilines is 3. The molecule has 2 aromatic heterocycles.